The lowest BCUT2D eigenvalue weighted by Gasteiger charge is -2.16. The van der Waals surface area contributed by atoms with Crippen LogP contribution in [0.3, 0.4) is 0 Å². The fraction of sp³-hybridized carbons (Fsp3) is 0.105. The molecule has 0 spiro atoms. The van der Waals surface area contributed by atoms with E-state index in [1.165, 1.54) is 18.3 Å². The highest BCUT2D eigenvalue weighted by Gasteiger charge is 2.11. The third-order valence-electron chi connectivity index (χ3n) is 3.80. The molecule has 0 aliphatic carbocycles. The van der Waals surface area contributed by atoms with E-state index in [1.807, 2.05) is 25.1 Å². The summed E-state index contributed by atoms with van der Waals surface area (Å²) < 4.78 is 13.2. The number of rotatable bonds is 5. The smallest absolute Gasteiger partial charge is 0.255 e. The van der Waals surface area contributed by atoms with Crippen molar-refractivity contribution in [1.82, 2.24) is 9.97 Å². The van der Waals surface area contributed by atoms with E-state index < -0.39 is 5.82 Å². The number of nitrogens with one attached hydrogen (secondary N) is 2. The van der Waals surface area contributed by atoms with E-state index in [0.717, 1.165) is 11.6 Å². The number of nitrogens with zero attached hydrogens (tertiary/aromatic N) is 2. The molecule has 0 aliphatic rings. The maximum Gasteiger partial charge on any atom is 0.255 e. The fourth-order valence-electron chi connectivity index (χ4n) is 2.44. The number of anilines is 2. The van der Waals surface area contributed by atoms with Crippen LogP contribution in [0.5, 0.6) is 0 Å². The molecule has 0 aliphatic heterocycles. The molecule has 1 aromatic heterocycles. The van der Waals surface area contributed by atoms with Crippen LogP contribution in [-0.4, -0.2) is 15.9 Å². The van der Waals surface area contributed by atoms with Crippen LogP contribution in [0, 0.1) is 5.82 Å². The van der Waals surface area contributed by atoms with Gasteiger partial charge < -0.3 is 10.6 Å². The summed E-state index contributed by atoms with van der Waals surface area (Å²) in [6, 6.07) is 11.1. The molecular weight excluding hydrogens is 390 g/mol. The quantitative estimate of drug-likeness (QED) is 0.601. The van der Waals surface area contributed by atoms with Crippen LogP contribution >= 0.6 is 23.2 Å². The van der Waals surface area contributed by atoms with Gasteiger partial charge in [-0.05, 0) is 42.8 Å². The summed E-state index contributed by atoms with van der Waals surface area (Å²) in [6.07, 6.45) is 3.03. The second kappa shape index (κ2) is 8.33. The van der Waals surface area contributed by atoms with E-state index >= 15 is 0 Å². The molecule has 3 rings (SSSR count). The fourth-order valence-corrected chi connectivity index (χ4v) is 2.77. The molecule has 1 heterocycles. The van der Waals surface area contributed by atoms with Gasteiger partial charge in [-0.2, -0.15) is 0 Å². The minimum absolute atomic E-state index is 0.100. The van der Waals surface area contributed by atoms with E-state index in [1.54, 1.807) is 12.3 Å². The SMILES string of the molecule is C[C@H](Nc1cncc(Cl)n1)c1cccc(NC(=O)c2ccc(F)c(Cl)c2)c1. The Kier molecular flexibility index (Phi) is 5.88. The minimum Gasteiger partial charge on any atom is -0.362 e. The second-order valence-corrected chi connectivity index (χ2v) is 6.60. The Morgan fingerprint density at radius 2 is 1.96 bits per heavy atom. The Morgan fingerprint density at radius 1 is 1.15 bits per heavy atom. The van der Waals surface area contributed by atoms with Gasteiger partial charge in [0.2, 0.25) is 0 Å². The molecule has 5 nitrogen and oxygen atoms in total. The number of carbonyl (C=O) groups excluding carboxylic acids is 1. The Bertz CT molecular complexity index is 983. The van der Waals surface area contributed by atoms with E-state index in [4.69, 9.17) is 23.2 Å². The number of aromatic nitrogens is 2. The van der Waals surface area contributed by atoms with E-state index in [0.29, 0.717) is 16.7 Å². The standard InChI is InChI=1S/C19H15Cl2FN4O/c1-11(24-18-10-23-9-17(21)26-18)12-3-2-4-14(7-12)25-19(27)13-5-6-16(22)15(20)8-13/h2-11H,1H3,(H,24,26)(H,25,27)/t11-/m0/s1. The normalized spacial score (nSPS) is 11.7. The summed E-state index contributed by atoms with van der Waals surface area (Å²) in [6.45, 7) is 1.95. The predicted molar refractivity (Wildman–Crippen MR) is 105 cm³/mol. The number of hydrogen-bond acceptors (Lipinski definition) is 4. The molecule has 0 fully saturated rings. The van der Waals surface area contributed by atoms with Gasteiger partial charge in [-0.3, -0.25) is 9.78 Å². The van der Waals surface area contributed by atoms with Gasteiger partial charge >= 0.3 is 0 Å². The molecule has 2 N–H and O–H groups in total. The van der Waals surface area contributed by atoms with Crippen LogP contribution in [0.15, 0.2) is 54.9 Å². The molecule has 0 unspecified atom stereocenters. The first-order valence-electron chi connectivity index (χ1n) is 8.03. The lowest BCUT2D eigenvalue weighted by Crippen LogP contribution is -2.13. The van der Waals surface area contributed by atoms with Crippen LogP contribution in [0.4, 0.5) is 15.9 Å². The highest BCUT2D eigenvalue weighted by molar-refractivity contribution is 6.31. The van der Waals surface area contributed by atoms with Crippen molar-refractivity contribution >= 4 is 40.6 Å². The second-order valence-electron chi connectivity index (χ2n) is 5.80. The largest absolute Gasteiger partial charge is 0.362 e. The van der Waals surface area contributed by atoms with Gasteiger partial charge in [-0.1, -0.05) is 35.3 Å². The molecule has 27 heavy (non-hydrogen) atoms. The van der Waals surface area contributed by atoms with Gasteiger partial charge in [0.05, 0.1) is 23.5 Å². The van der Waals surface area contributed by atoms with Crippen LogP contribution in [0.1, 0.15) is 28.9 Å². The molecule has 2 aromatic carbocycles. The maximum absolute atomic E-state index is 13.2. The molecule has 3 aromatic rings. The highest BCUT2D eigenvalue weighted by Crippen LogP contribution is 2.22. The van der Waals surface area contributed by atoms with Crippen molar-refractivity contribution in [2.75, 3.05) is 10.6 Å². The predicted octanol–water partition coefficient (Wildman–Crippen LogP) is 5.35. The molecule has 0 bridgehead atoms. The minimum atomic E-state index is -0.570. The highest BCUT2D eigenvalue weighted by atomic mass is 35.5. The van der Waals surface area contributed by atoms with Gasteiger partial charge in [0.25, 0.3) is 5.91 Å². The van der Waals surface area contributed by atoms with Crippen molar-refractivity contribution in [3.05, 3.63) is 82.0 Å². The summed E-state index contributed by atoms with van der Waals surface area (Å²) in [5.74, 6) is -0.403. The summed E-state index contributed by atoms with van der Waals surface area (Å²) in [5.41, 5.74) is 1.79. The molecule has 0 saturated heterocycles. The Hall–Kier alpha value is -2.70. The van der Waals surface area contributed by atoms with Crippen molar-refractivity contribution in [1.29, 1.82) is 0 Å². The van der Waals surface area contributed by atoms with Gasteiger partial charge in [-0.15, -0.1) is 0 Å². The average Bonchev–Trinajstić information content (AvgIpc) is 2.64. The number of halogens is 3. The van der Waals surface area contributed by atoms with Crippen molar-refractivity contribution in [3.63, 3.8) is 0 Å². The van der Waals surface area contributed by atoms with E-state index in [2.05, 4.69) is 20.6 Å². The third-order valence-corrected chi connectivity index (χ3v) is 4.27. The van der Waals surface area contributed by atoms with Gasteiger partial charge in [0.15, 0.2) is 0 Å². The van der Waals surface area contributed by atoms with Crippen molar-refractivity contribution in [3.8, 4) is 0 Å². The number of benzene rings is 2. The molecule has 0 radical (unpaired) electrons. The first kappa shape index (κ1) is 19.1. The molecule has 8 heteroatoms. The maximum atomic E-state index is 13.2. The van der Waals surface area contributed by atoms with Crippen molar-refractivity contribution in [2.24, 2.45) is 0 Å². The van der Waals surface area contributed by atoms with E-state index in [9.17, 15) is 9.18 Å². The van der Waals surface area contributed by atoms with Crippen molar-refractivity contribution in [2.45, 2.75) is 13.0 Å². The van der Waals surface area contributed by atoms with Crippen LogP contribution in [0.2, 0.25) is 10.2 Å². The summed E-state index contributed by atoms with van der Waals surface area (Å²) >= 11 is 11.6. The number of hydrogen-bond donors (Lipinski definition) is 2. The molecule has 0 saturated carbocycles. The molecule has 1 amide bonds. The van der Waals surface area contributed by atoms with Crippen LogP contribution in [-0.2, 0) is 0 Å². The van der Waals surface area contributed by atoms with Crippen LogP contribution < -0.4 is 10.6 Å². The van der Waals surface area contributed by atoms with E-state index in [-0.39, 0.29) is 22.5 Å². The monoisotopic (exact) mass is 404 g/mol. The summed E-state index contributed by atoms with van der Waals surface area (Å²) in [4.78, 5) is 20.5. The molecule has 1 atom stereocenters. The first-order chi connectivity index (χ1) is 12.9. The topological polar surface area (TPSA) is 66.9 Å². The van der Waals surface area contributed by atoms with Gasteiger partial charge in [-0.25, -0.2) is 9.37 Å². The number of carbonyl (C=O) groups is 1. The zero-order valence-corrected chi connectivity index (χ0v) is 15.7. The van der Waals surface area contributed by atoms with Crippen molar-refractivity contribution < 1.29 is 9.18 Å². The summed E-state index contributed by atoms with van der Waals surface area (Å²) in [5, 5.41) is 6.17. The zero-order valence-electron chi connectivity index (χ0n) is 14.2. The van der Waals surface area contributed by atoms with Gasteiger partial charge in [0.1, 0.15) is 16.8 Å². The zero-order chi connectivity index (χ0) is 19.4. The van der Waals surface area contributed by atoms with Crippen LogP contribution in [0.25, 0.3) is 0 Å². The molecule has 138 valence electrons. The summed E-state index contributed by atoms with van der Waals surface area (Å²) in [7, 11) is 0. The average molecular weight is 405 g/mol. The first-order valence-corrected chi connectivity index (χ1v) is 8.78. The Labute approximate surface area is 165 Å². The van der Waals surface area contributed by atoms with Gasteiger partial charge in [0, 0.05) is 11.3 Å². The molecular formula is C19H15Cl2FN4O. The Balaban J connectivity index is 1.72. The number of amides is 1. The lowest BCUT2D eigenvalue weighted by atomic mass is 10.1. The third kappa shape index (κ3) is 4.93. The lowest BCUT2D eigenvalue weighted by molar-refractivity contribution is 0.102. The Morgan fingerprint density at radius 3 is 2.70 bits per heavy atom.